The van der Waals surface area contributed by atoms with Crippen LogP contribution in [0.5, 0.6) is 0 Å². The fourth-order valence-corrected chi connectivity index (χ4v) is 4.20. The van der Waals surface area contributed by atoms with E-state index in [-0.39, 0.29) is 24.3 Å². The van der Waals surface area contributed by atoms with Crippen molar-refractivity contribution in [2.24, 2.45) is 0 Å². The van der Waals surface area contributed by atoms with Crippen LogP contribution in [-0.2, 0) is 4.79 Å². The Kier molecular flexibility index (Phi) is 5.47. The Morgan fingerprint density at radius 2 is 1.93 bits per heavy atom. The molecule has 7 nitrogen and oxygen atoms in total. The van der Waals surface area contributed by atoms with E-state index < -0.39 is 11.9 Å². The summed E-state index contributed by atoms with van der Waals surface area (Å²) in [5.74, 6) is -0.505. The number of benzene rings is 1. The van der Waals surface area contributed by atoms with Gasteiger partial charge in [-0.25, -0.2) is 14.4 Å². The lowest BCUT2D eigenvalue weighted by Gasteiger charge is -2.47. The first-order valence-corrected chi connectivity index (χ1v) is 9.98. The number of aromatic nitrogens is 2. The van der Waals surface area contributed by atoms with Gasteiger partial charge in [0.2, 0.25) is 5.91 Å². The maximum Gasteiger partial charge on any atom is 0.226 e. The molecule has 1 aromatic carbocycles. The quantitative estimate of drug-likeness (QED) is 0.851. The maximum absolute atomic E-state index is 14.2. The molecule has 2 aliphatic rings. The zero-order chi connectivity index (χ0) is 20.5. The van der Waals surface area contributed by atoms with Crippen LogP contribution >= 0.6 is 0 Å². The Balaban J connectivity index is 1.47. The van der Waals surface area contributed by atoms with Crippen molar-refractivity contribution in [2.75, 3.05) is 38.1 Å². The molecule has 2 saturated heterocycles. The van der Waals surface area contributed by atoms with Crippen molar-refractivity contribution in [3.05, 3.63) is 53.4 Å². The van der Waals surface area contributed by atoms with Gasteiger partial charge < -0.3 is 9.80 Å². The lowest BCUT2D eigenvalue weighted by molar-refractivity contribution is -0.143. The zero-order valence-corrected chi connectivity index (χ0v) is 17.1. The Bertz CT molecular complexity index is 898. The van der Waals surface area contributed by atoms with E-state index in [1.807, 2.05) is 0 Å². The summed E-state index contributed by atoms with van der Waals surface area (Å²) in [6, 6.07) is 5.94. The van der Waals surface area contributed by atoms with E-state index in [1.165, 1.54) is 23.1 Å². The van der Waals surface area contributed by atoms with Gasteiger partial charge in [-0.3, -0.25) is 15.0 Å². The van der Waals surface area contributed by atoms with E-state index in [1.54, 1.807) is 11.9 Å². The van der Waals surface area contributed by atoms with Gasteiger partial charge in [0.05, 0.1) is 17.9 Å². The highest BCUT2D eigenvalue weighted by atomic mass is 19.1. The molecule has 0 spiro atoms. The normalized spacial score (nSPS) is 23.5. The van der Waals surface area contributed by atoms with Crippen molar-refractivity contribution in [1.82, 2.24) is 25.1 Å². The minimum atomic E-state index is -0.485. The molecule has 2 fully saturated rings. The van der Waals surface area contributed by atoms with Crippen molar-refractivity contribution in [2.45, 2.75) is 32.6 Å². The second kappa shape index (κ2) is 8.04. The van der Waals surface area contributed by atoms with Gasteiger partial charge in [0.25, 0.3) is 0 Å². The molecule has 2 aliphatic heterocycles. The number of amides is 1. The van der Waals surface area contributed by atoms with Crippen LogP contribution in [0, 0.1) is 19.7 Å². The molecular weight excluding hydrogens is 371 g/mol. The lowest BCUT2D eigenvalue weighted by Crippen LogP contribution is -2.65. The van der Waals surface area contributed by atoms with Crippen molar-refractivity contribution < 1.29 is 9.18 Å². The van der Waals surface area contributed by atoms with E-state index in [9.17, 15) is 9.18 Å². The lowest BCUT2D eigenvalue weighted by atomic mass is 10.1. The molecule has 0 aliphatic carbocycles. The van der Waals surface area contributed by atoms with Gasteiger partial charge in [0.15, 0.2) is 5.82 Å². The number of anilines is 1. The third-order valence-corrected chi connectivity index (χ3v) is 6.09. The summed E-state index contributed by atoms with van der Waals surface area (Å²) in [6.07, 6.45) is 2.37. The molecule has 0 radical (unpaired) electrons. The zero-order valence-electron chi connectivity index (χ0n) is 17.1. The van der Waals surface area contributed by atoms with Crippen LogP contribution in [-0.4, -0.2) is 65.2 Å². The highest BCUT2D eigenvalue weighted by Gasteiger charge is 2.37. The fraction of sp³-hybridized carbons (Fsp3) is 0.476. The molecule has 1 N–H and O–H groups in total. The van der Waals surface area contributed by atoms with Gasteiger partial charge in [-0.1, -0.05) is 12.1 Å². The minimum Gasteiger partial charge on any atom is -0.369 e. The third-order valence-electron chi connectivity index (χ3n) is 6.09. The molecule has 3 heterocycles. The predicted octanol–water partition coefficient (Wildman–Crippen LogP) is 1.83. The first kappa shape index (κ1) is 19.7. The van der Waals surface area contributed by atoms with Gasteiger partial charge in [0.1, 0.15) is 12.6 Å². The van der Waals surface area contributed by atoms with Gasteiger partial charge in [-0.05, 0) is 31.0 Å². The molecule has 29 heavy (non-hydrogen) atoms. The molecular formula is C21H27FN6O. The van der Waals surface area contributed by atoms with E-state index in [0.29, 0.717) is 0 Å². The monoisotopic (exact) mass is 398 g/mol. The van der Waals surface area contributed by atoms with Gasteiger partial charge in [0, 0.05) is 45.3 Å². The van der Waals surface area contributed by atoms with Crippen LogP contribution in [0.2, 0.25) is 0 Å². The predicted molar refractivity (Wildman–Crippen MR) is 109 cm³/mol. The maximum atomic E-state index is 14.2. The fourth-order valence-electron chi connectivity index (χ4n) is 4.20. The number of hydrogen-bond donors (Lipinski definition) is 1. The van der Waals surface area contributed by atoms with Crippen LogP contribution in [0.25, 0.3) is 0 Å². The van der Waals surface area contributed by atoms with E-state index in [4.69, 9.17) is 0 Å². The molecule has 8 heteroatoms. The Labute approximate surface area is 170 Å². The average molecular weight is 398 g/mol. The van der Waals surface area contributed by atoms with Crippen LogP contribution in [0.15, 0.2) is 30.7 Å². The number of rotatable bonds is 3. The van der Waals surface area contributed by atoms with E-state index in [2.05, 4.69) is 57.1 Å². The molecule has 4 rings (SSSR count). The Morgan fingerprint density at radius 1 is 1.17 bits per heavy atom. The van der Waals surface area contributed by atoms with E-state index >= 15 is 0 Å². The first-order valence-electron chi connectivity index (χ1n) is 9.98. The second-order valence-electron chi connectivity index (χ2n) is 7.80. The number of carbonyl (C=O) groups excluding carboxylic acids is 1. The smallest absolute Gasteiger partial charge is 0.226 e. The topological polar surface area (TPSA) is 64.6 Å². The van der Waals surface area contributed by atoms with Crippen molar-refractivity contribution in [1.29, 1.82) is 0 Å². The number of carbonyl (C=O) groups is 1. The standard InChI is InChI=1S/C21H27FN6O/c1-14-5-4-6-18(15(14)2)27-7-9-28(10-8-27)21-25-17(11-19(29)26(21)3)20-16(22)12-23-13-24-20/h4-6,12-13,17,21,25H,7-11H2,1-3H3. The number of nitrogens with zero attached hydrogens (tertiary/aromatic N) is 5. The largest absolute Gasteiger partial charge is 0.369 e. The van der Waals surface area contributed by atoms with E-state index in [0.717, 1.165) is 32.4 Å². The SMILES string of the molecule is Cc1cccc(N2CCN(C3NC(c4ncncc4F)CC(=O)N3C)CC2)c1C. The second-order valence-corrected chi connectivity index (χ2v) is 7.80. The molecule has 0 bridgehead atoms. The molecule has 2 aromatic rings. The van der Waals surface area contributed by atoms with Crippen LogP contribution < -0.4 is 10.2 Å². The highest BCUT2D eigenvalue weighted by Crippen LogP contribution is 2.27. The summed E-state index contributed by atoms with van der Waals surface area (Å²) in [5.41, 5.74) is 4.12. The Morgan fingerprint density at radius 3 is 2.66 bits per heavy atom. The third kappa shape index (κ3) is 3.82. The summed E-state index contributed by atoms with van der Waals surface area (Å²) < 4.78 is 14.2. The number of aryl methyl sites for hydroxylation is 1. The molecule has 1 amide bonds. The Hall–Kier alpha value is -2.58. The summed E-state index contributed by atoms with van der Waals surface area (Å²) >= 11 is 0. The molecule has 2 atom stereocenters. The molecule has 2 unspecified atom stereocenters. The van der Waals surface area contributed by atoms with Crippen molar-refractivity contribution in [3.8, 4) is 0 Å². The summed E-state index contributed by atoms with van der Waals surface area (Å²) in [6.45, 7) is 7.65. The summed E-state index contributed by atoms with van der Waals surface area (Å²) in [5, 5.41) is 3.42. The summed E-state index contributed by atoms with van der Waals surface area (Å²) in [4.78, 5) is 26.7. The number of halogens is 1. The van der Waals surface area contributed by atoms with Crippen LogP contribution in [0.4, 0.5) is 10.1 Å². The average Bonchev–Trinajstić information content (AvgIpc) is 2.73. The van der Waals surface area contributed by atoms with Crippen LogP contribution in [0.1, 0.15) is 29.3 Å². The highest BCUT2D eigenvalue weighted by molar-refractivity contribution is 5.77. The number of piperazine rings is 1. The van der Waals surface area contributed by atoms with Crippen molar-refractivity contribution in [3.63, 3.8) is 0 Å². The summed E-state index contributed by atoms with van der Waals surface area (Å²) in [7, 11) is 1.80. The van der Waals surface area contributed by atoms with Crippen molar-refractivity contribution >= 4 is 11.6 Å². The van der Waals surface area contributed by atoms with Crippen LogP contribution in [0.3, 0.4) is 0 Å². The van der Waals surface area contributed by atoms with Gasteiger partial charge in [-0.2, -0.15) is 0 Å². The minimum absolute atomic E-state index is 0.0197. The van der Waals surface area contributed by atoms with Gasteiger partial charge in [-0.15, -0.1) is 0 Å². The number of nitrogens with one attached hydrogen (secondary N) is 1. The molecule has 0 saturated carbocycles. The van der Waals surface area contributed by atoms with Gasteiger partial charge >= 0.3 is 0 Å². The molecule has 1 aromatic heterocycles. The molecule has 154 valence electrons. The first-order chi connectivity index (χ1) is 14.0. The number of hydrogen-bond acceptors (Lipinski definition) is 6.